The van der Waals surface area contributed by atoms with E-state index in [1.807, 2.05) is 0 Å². The van der Waals surface area contributed by atoms with Crippen molar-refractivity contribution in [3.05, 3.63) is 0 Å². The second-order valence-electron chi connectivity index (χ2n) is 2.29. The fraction of sp³-hybridized carbons (Fsp3) is 1.00. The molecular weight excluding hydrogens is 200 g/mol. The van der Waals surface area contributed by atoms with E-state index >= 15 is 0 Å². The lowest BCUT2D eigenvalue weighted by molar-refractivity contribution is 0.217. The average Bonchev–Trinajstić information content (AvgIpc) is 2.11. The van der Waals surface area contributed by atoms with Crippen LogP contribution < -0.4 is 0 Å². The van der Waals surface area contributed by atoms with E-state index in [1.165, 1.54) is 0 Å². The van der Waals surface area contributed by atoms with Gasteiger partial charge in [0.1, 0.15) is 12.3 Å². The molecule has 1 aliphatic heterocycles. The van der Waals surface area contributed by atoms with Crippen LogP contribution in [0, 0.1) is 0 Å². The molecule has 1 heterocycles. The summed E-state index contributed by atoms with van der Waals surface area (Å²) < 4.78 is 46.3. The van der Waals surface area contributed by atoms with E-state index in [0.29, 0.717) is 4.31 Å². The zero-order valence-electron chi connectivity index (χ0n) is 5.37. The van der Waals surface area contributed by atoms with Crippen molar-refractivity contribution in [2.24, 2.45) is 0 Å². The largest absolute Gasteiger partial charge is 0.299 e. The number of alkyl halides is 2. The normalized spacial score (nSPS) is 34.5. The number of halogens is 3. The van der Waals surface area contributed by atoms with Gasteiger partial charge in [-0.1, -0.05) is 0 Å². The van der Waals surface area contributed by atoms with Gasteiger partial charge in [-0.2, -0.15) is 12.7 Å². The summed E-state index contributed by atoms with van der Waals surface area (Å²) in [6.07, 6.45) is -3.49. The Hall–Kier alpha value is 0.0600. The van der Waals surface area contributed by atoms with Gasteiger partial charge in [0.05, 0.1) is 0 Å². The average molecular weight is 206 g/mol. The van der Waals surface area contributed by atoms with Gasteiger partial charge in [0.15, 0.2) is 0 Å². The fourth-order valence-corrected chi connectivity index (χ4v) is 1.85. The van der Waals surface area contributed by atoms with E-state index in [0.717, 1.165) is 0 Å². The Bertz CT molecular complexity index is 234. The monoisotopic (exact) mass is 205 g/mol. The van der Waals surface area contributed by atoms with Gasteiger partial charge >= 0.3 is 0 Å². The van der Waals surface area contributed by atoms with E-state index in [-0.39, 0.29) is 0 Å². The molecule has 0 amide bonds. The maximum atomic E-state index is 12.4. The number of hydrogen-bond donors (Lipinski definition) is 0. The molecule has 0 aromatic heterocycles. The van der Waals surface area contributed by atoms with Crippen LogP contribution in [0.1, 0.15) is 0 Å². The molecule has 1 saturated heterocycles. The maximum Gasteiger partial charge on any atom is 0.299 e. The third-order valence-corrected chi connectivity index (χ3v) is 2.96. The first-order valence-electron chi connectivity index (χ1n) is 2.89. The molecule has 0 aromatic carbocycles. The van der Waals surface area contributed by atoms with Gasteiger partial charge in [-0.05, 0) is 0 Å². The SMILES string of the molecule is O=S(=O)(Cl)N1CC(F)C(F)C1. The van der Waals surface area contributed by atoms with Gasteiger partial charge in [-0.3, -0.25) is 0 Å². The van der Waals surface area contributed by atoms with Crippen molar-refractivity contribution in [3.63, 3.8) is 0 Å². The molecular formula is C4H6ClF2NO2S. The molecule has 0 N–H and O–H groups in total. The van der Waals surface area contributed by atoms with Crippen LogP contribution in [0.2, 0.25) is 0 Å². The van der Waals surface area contributed by atoms with Gasteiger partial charge in [0.2, 0.25) is 0 Å². The molecule has 2 atom stereocenters. The lowest BCUT2D eigenvalue weighted by atomic mass is 10.3. The van der Waals surface area contributed by atoms with Crippen LogP contribution in [-0.4, -0.2) is 38.2 Å². The van der Waals surface area contributed by atoms with Crippen molar-refractivity contribution < 1.29 is 17.2 Å². The highest BCUT2D eigenvalue weighted by molar-refractivity contribution is 8.11. The van der Waals surface area contributed by atoms with Gasteiger partial charge in [-0.15, -0.1) is 0 Å². The Balaban J connectivity index is 2.69. The molecule has 0 aliphatic carbocycles. The zero-order chi connectivity index (χ0) is 8.65. The van der Waals surface area contributed by atoms with Crippen molar-refractivity contribution in [2.45, 2.75) is 12.3 Å². The first kappa shape index (κ1) is 9.15. The van der Waals surface area contributed by atoms with Crippen molar-refractivity contribution in [1.82, 2.24) is 4.31 Å². The second-order valence-corrected chi connectivity index (χ2v) is 4.80. The lowest BCUT2D eigenvalue weighted by Gasteiger charge is -2.07. The first-order valence-corrected chi connectivity index (χ1v) is 5.16. The fourth-order valence-electron chi connectivity index (χ4n) is 0.870. The van der Waals surface area contributed by atoms with Crippen molar-refractivity contribution >= 4 is 19.9 Å². The highest BCUT2D eigenvalue weighted by Gasteiger charge is 2.38. The summed E-state index contributed by atoms with van der Waals surface area (Å²) >= 11 is 0. The molecule has 0 radical (unpaired) electrons. The highest BCUT2D eigenvalue weighted by atomic mass is 35.7. The number of hydrogen-bond acceptors (Lipinski definition) is 2. The van der Waals surface area contributed by atoms with Gasteiger partial charge in [0, 0.05) is 23.8 Å². The van der Waals surface area contributed by atoms with E-state index < -0.39 is 34.7 Å². The summed E-state index contributed by atoms with van der Waals surface area (Å²) in [7, 11) is 0.892. The Labute approximate surface area is 67.5 Å². The summed E-state index contributed by atoms with van der Waals surface area (Å²) in [6.45, 7) is -0.958. The van der Waals surface area contributed by atoms with E-state index in [2.05, 4.69) is 0 Å². The van der Waals surface area contributed by atoms with Crippen molar-refractivity contribution in [1.29, 1.82) is 0 Å². The smallest absolute Gasteiger partial charge is 0.243 e. The van der Waals surface area contributed by atoms with Gasteiger partial charge < -0.3 is 0 Å². The van der Waals surface area contributed by atoms with Crippen LogP contribution >= 0.6 is 10.7 Å². The van der Waals surface area contributed by atoms with Crippen LogP contribution in [0.25, 0.3) is 0 Å². The molecule has 7 heteroatoms. The number of nitrogens with zero attached hydrogens (tertiary/aromatic N) is 1. The molecule has 0 spiro atoms. The molecule has 11 heavy (non-hydrogen) atoms. The number of rotatable bonds is 1. The lowest BCUT2D eigenvalue weighted by Crippen LogP contribution is -2.24. The molecule has 0 bridgehead atoms. The Kier molecular flexibility index (Phi) is 2.36. The summed E-state index contributed by atoms with van der Waals surface area (Å²) in [5.41, 5.74) is 0. The zero-order valence-corrected chi connectivity index (χ0v) is 6.95. The summed E-state index contributed by atoms with van der Waals surface area (Å²) in [6, 6.07) is 0. The molecule has 2 unspecified atom stereocenters. The molecule has 66 valence electrons. The third kappa shape index (κ3) is 2.00. The standard InChI is InChI=1S/C4H6ClF2NO2S/c5-11(9,10)8-1-3(6)4(7)2-8/h3-4H,1-2H2. The quantitative estimate of drug-likeness (QED) is 0.584. The topological polar surface area (TPSA) is 37.4 Å². The first-order chi connectivity index (χ1) is 4.91. The van der Waals surface area contributed by atoms with E-state index in [9.17, 15) is 17.2 Å². The summed E-state index contributed by atoms with van der Waals surface area (Å²) in [4.78, 5) is 0. The third-order valence-electron chi connectivity index (χ3n) is 1.46. The maximum absolute atomic E-state index is 12.4. The van der Waals surface area contributed by atoms with Crippen molar-refractivity contribution in [2.75, 3.05) is 13.1 Å². The van der Waals surface area contributed by atoms with Crippen LogP contribution in [0.15, 0.2) is 0 Å². The van der Waals surface area contributed by atoms with Crippen LogP contribution in [0.5, 0.6) is 0 Å². The van der Waals surface area contributed by atoms with E-state index in [4.69, 9.17) is 10.7 Å². The van der Waals surface area contributed by atoms with Crippen LogP contribution in [0.3, 0.4) is 0 Å². The Morgan fingerprint density at radius 1 is 1.27 bits per heavy atom. The van der Waals surface area contributed by atoms with Crippen molar-refractivity contribution in [3.8, 4) is 0 Å². The highest BCUT2D eigenvalue weighted by Crippen LogP contribution is 2.21. The Morgan fingerprint density at radius 2 is 1.64 bits per heavy atom. The molecule has 0 saturated carbocycles. The minimum absolute atomic E-state index is 0.479. The molecule has 1 aliphatic rings. The van der Waals surface area contributed by atoms with Crippen LogP contribution in [0.4, 0.5) is 8.78 Å². The van der Waals surface area contributed by atoms with E-state index in [1.54, 1.807) is 0 Å². The molecule has 3 nitrogen and oxygen atoms in total. The summed E-state index contributed by atoms with van der Waals surface area (Å²) in [5, 5.41) is 0. The molecule has 1 fully saturated rings. The molecule has 1 rings (SSSR count). The minimum atomic E-state index is -3.94. The predicted octanol–water partition coefficient (Wildman–Crippen LogP) is 0.462. The van der Waals surface area contributed by atoms with Crippen LogP contribution in [-0.2, 0) is 9.24 Å². The second kappa shape index (κ2) is 2.84. The Morgan fingerprint density at radius 3 is 1.82 bits per heavy atom. The van der Waals surface area contributed by atoms with Gasteiger partial charge in [0.25, 0.3) is 9.24 Å². The predicted molar refractivity (Wildman–Crippen MR) is 36.1 cm³/mol. The van der Waals surface area contributed by atoms with Gasteiger partial charge in [-0.25, -0.2) is 8.78 Å². The minimum Gasteiger partial charge on any atom is -0.243 e. The molecule has 0 aromatic rings. The summed E-state index contributed by atoms with van der Waals surface area (Å²) in [5.74, 6) is 0.